The van der Waals surface area contributed by atoms with Crippen molar-refractivity contribution in [1.29, 1.82) is 0 Å². The van der Waals surface area contributed by atoms with E-state index in [0.29, 0.717) is 5.43 Å². The first-order valence-corrected chi connectivity index (χ1v) is 6.63. The van der Waals surface area contributed by atoms with Gasteiger partial charge < -0.3 is 0 Å². The minimum absolute atomic E-state index is 0.405. The average molecular weight is 412 g/mol. The second-order valence-corrected chi connectivity index (χ2v) is 6.55. The fraction of sp³-hybridized carbons (Fsp3) is 0.833. The third kappa shape index (κ3) is 3.83. The Hall–Kier alpha value is -1.34. The lowest BCUT2D eigenvalue weighted by Gasteiger charge is -2.40. The van der Waals surface area contributed by atoms with Gasteiger partial charge in [-0.15, -0.1) is 0 Å². The summed E-state index contributed by atoms with van der Waals surface area (Å²) in [5, 5.41) is -1.14. The van der Waals surface area contributed by atoms with Crippen molar-refractivity contribution in [3.63, 3.8) is 0 Å². The van der Waals surface area contributed by atoms with Crippen molar-refractivity contribution in [2.45, 2.75) is 57.1 Å². The van der Waals surface area contributed by atoms with Crippen molar-refractivity contribution in [3.05, 3.63) is 11.8 Å². The Kier molecular flexibility index (Phi) is 5.09. The van der Waals surface area contributed by atoms with Gasteiger partial charge in [0.2, 0.25) is 11.6 Å². The number of nitrogens with one attached hydrogen (secondary N) is 1. The highest BCUT2D eigenvalue weighted by Crippen LogP contribution is 2.52. The zero-order valence-corrected chi connectivity index (χ0v) is 13.1. The van der Waals surface area contributed by atoms with E-state index in [0.717, 1.165) is 20.8 Å². The Balaban J connectivity index is 3.75. The van der Waals surface area contributed by atoms with E-state index < -0.39 is 58.5 Å². The summed E-state index contributed by atoms with van der Waals surface area (Å²) in [6, 6.07) is -4.62. The molecule has 26 heavy (non-hydrogen) atoms. The topological polar surface area (TPSA) is 15.3 Å². The highest BCUT2D eigenvalue weighted by Gasteiger charge is 2.75. The zero-order valence-electron chi connectivity index (χ0n) is 13.1. The first kappa shape index (κ1) is 22.7. The van der Waals surface area contributed by atoms with Crippen LogP contribution in [-0.2, 0) is 0 Å². The molecule has 1 N–H and O–H groups in total. The van der Waals surface area contributed by atoms with E-state index in [1.807, 2.05) is 0 Å². The SMILES string of the molecule is CC(C)(C)C1=CC(C(F)(F)F)(C(F)(F)F)NN1C(C(F)(F)F)C(F)(F)F. The summed E-state index contributed by atoms with van der Waals surface area (Å²) >= 11 is 0. The number of hydrazine groups is 1. The number of alkyl halides is 12. The van der Waals surface area contributed by atoms with E-state index in [-0.39, 0.29) is 0 Å². The van der Waals surface area contributed by atoms with Crippen molar-refractivity contribution >= 4 is 0 Å². The molecule has 1 aliphatic heterocycles. The summed E-state index contributed by atoms with van der Waals surface area (Å²) < 4.78 is 156. The zero-order chi connectivity index (χ0) is 21.1. The smallest absolute Gasteiger partial charge is 0.290 e. The van der Waals surface area contributed by atoms with Crippen molar-refractivity contribution in [3.8, 4) is 0 Å². The van der Waals surface area contributed by atoms with E-state index in [1.54, 1.807) is 0 Å². The molecule has 0 saturated carbocycles. The van der Waals surface area contributed by atoms with Crippen LogP contribution in [0.1, 0.15) is 20.8 Å². The van der Waals surface area contributed by atoms with Gasteiger partial charge in [0.15, 0.2) is 0 Å². The Morgan fingerprint density at radius 3 is 1.35 bits per heavy atom. The number of halogens is 12. The molecule has 0 radical (unpaired) electrons. The standard InChI is InChI=1S/C12H12F12N2/c1-7(2,3)5-4-8(11(19,20)21,12(22,23)24)25-26(5)6(9(13,14)15)10(16,17)18/h4,6,25H,1-3H3. The fourth-order valence-corrected chi connectivity index (χ4v) is 2.27. The van der Waals surface area contributed by atoms with Gasteiger partial charge in [-0.3, -0.25) is 5.01 Å². The number of rotatable bonds is 1. The third-order valence-corrected chi connectivity index (χ3v) is 3.45. The van der Waals surface area contributed by atoms with E-state index in [1.165, 1.54) is 0 Å². The number of nitrogens with zero attached hydrogens (tertiary/aromatic N) is 1. The Morgan fingerprint density at radius 2 is 1.12 bits per heavy atom. The van der Waals surface area contributed by atoms with Crippen LogP contribution in [0.25, 0.3) is 0 Å². The van der Waals surface area contributed by atoms with Crippen LogP contribution < -0.4 is 5.43 Å². The molecule has 0 spiro atoms. The summed E-state index contributed by atoms with van der Waals surface area (Å²) in [6.07, 6.45) is -25.6. The van der Waals surface area contributed by atoms with Gasteiger partial charge in [0.1, 0.15) is 0 Å². The largest absolute Gasteiger partial charge is 0.420 e. The average Bonchev–Trinajstić information content (AvgIpc) is 2.63. The molecule has 0 aromatic heterocycles. The molecule has 1 aliphatic rings. The van der Waals surface area contributed by atoms with Gasteiger partial charge in [0.25, 0.3) is 0 Å². The maximum atomic E-state index is 13.1. The van der Waals surface area contributed by atoms with Crippen LogP contribution in [0, 0.1) is 5.41 Å². The van der Waals surface area contributed by atoms with E-state index in [9.17, 15) is 52.7 Å². The molecule has 2 nitrogen and oxygen atoms in total. The van der Waals surface area contributed by atoms with Crippen LogP contribution in [0.5, 0.6) is 0 Å². The van der Waals surface area contributed by atoms with Crippen LogP contribution in [0.4, 0.5) is 52.7 Å². The molecule has 0 amide bonds. The van der Waals surface area contributed by atoms with Crippen molar-refractivity contribution in [2.75, 3.05) is 0 Å². The van der Waals surface area contributed by atoms with Gasteiger partial charge in [-0.1, -0.05) is 20.8 Å². The maximum absolute atomic E-state index is 13.1. The molecule has 0 unspecified atom stereocenters. The second kappa shape index (κ2) is 5.83. The van der Waals surface area contributed by atoms with Gasteiger partial charge in [-0.2, -0.15) is 52.7 Å². The van der Waals surface area contributed by atoms with Crippen LogP contribution in [0.3, 0.4) is 0 Å². The first-order chi connectivity index (χ1) is 11.1. The molecule has 154 valence electrons. The molecule has 0 aliphatic carbocycles. The maximum Gasteiger partial charge on any atom is 0.420 e. The quantitative estimate of drug-likeness (QED) is 0.604. The first-order valence-electron chi connectivity index (χ1n) is 6.63. The lowest BCUT2D eigenvalue weighted by atomic mass is 9.87. The van der Waals surface area contributed by atoms with E-state index >= 15 is 0 Å². The van der Waals surface area contributed by atoms with Crippen LogP contribution in [0.15, 0.2) is 11.8 Å². The van der Waals surface area contributed by atoms with Crippen molar-refractivity contribution < 1.29 is 52.7 Å². The fourth-order valence-electron chi connectivity index (χ4n) is 2.27. The number of hydrogen-bond acceptors (Lipinski definition) is 2. The van der Waals surface area contributed by atoms with Gasteiger partial charge in [0, 0.05) is 11.1 Å². The predicted octanol–water partition coefficient (Wildman–Crippen LogP) is 5.09. The Bertz CT molecular complexity index is 529. The Labute approximate surface area is 138 Å². The molecule has 0 aromatic carbocycles. The van der Waals surface area contributed by atoms with E-state index in [2.05, 4.69) is 0 Å². The summed E-state index contributed by atoms with van der Waals surface area (Å²) in [7, 11) is 0. The van der Waals surface area contributed by atoms with Crippen molar-refractivity contribution in [1.82, 2.24) is 10.4 Å². The minimum Gasteiger partial charge on any atom is -0.290 e. The molecule has 0 bridgehead atoms. The van der Waals surface area contributed by atoms with Crippen LogP contribution in [-0.4, -0.2) is 41.3 Å². The lowest BCUT2D eigenvalue weighted by molar-refractivity contribution is -0.321. The van der Waals surface area contributed by atoms with Crippen LogP contribution >= 0.6 is 0 Å². The third-order valence-electron chi connectivity index (χ3n) is 3.45. The predicted molar refractivity (Wildman–Crippen MR) is 63.3 cm³/mol. The molecule has 1 rings (SSSR count). The summed E-state index contributed by atoms with van der Waals surface area (Å²) in [4.78, 5) is 0. The summed E-state index contributed by atoms with van der Waals surface area (Å²) in [6.45, 7) is 2.63. The molecule has 0 fully saturated rings. The summed E-state index contributed by atoms with van der Waals surface area (Å²) in [5.41, 5.74) is -8.06. The van der Waals surface area contributed by atoms with Gasteiger partial charge >= 0.3 is 24.7 Å². The minimum atomic E-state index is -6.27. The molecule has 0 saturated heterocycles. The number of allylic oxidation sites excluding steroid dienone is 1. The van der Waals surface area contributed by atoms with Gasteiger partial charge in [0.05, 0.1) is 0 Å². The molecule has 0 aromatic rings. The van der Waals surface area contributed by atoms with Crippen LogP contribution in [0.2, 0.25) is 0 Å². The molecular weight excluding hydrogens is 400 g/mol. The van der Waals surface area contributed by atoms with Crippen molar-refractivity contribution in [2.24, 2.45) is 5.41 Å². The molecule has 0 atom stereocenters. The highest BCUT2D eigenvalue weighted by atomic mass is 19.4. The summed E-state index contributed by atoms with van der Waals surface area (Å²) in [5.74, 6) is 0. The Morgan fingerprint density at radius 1 is 0.769 bits per heavy atom. The van der Waals surface area contributed by atoms with Gasteiger partial charge in [-0.05, 0) is 6.08 Å². The second-order valence-electron chi connectivity index (χ2n) is 6.55. The van der Waals surface area contributed by atoms with Gasteiger partial charge in [-0.25, -0.2) is 5.43 Å². The molecule has 14 heteroatoms. The molecule has 1 heterocycles. The van der Waals surface area contributed by atoms with E-state index in [4.69, 9.17) is 0 Å². The highest BCUT2D eigenvalue weighted by molar-refractivity contribution is 5.30. The molecular formula is C12H12F12N2. The monoisotopic (exact) mass is 412 g/mol. The lowest BCUT2D eigenvalue weighted by Crippen LogP contribution is -2.69. The normalized spacial score (nSPS) is 20.0. The number of hydrogen-bond donors (Lipinski definition) is 1.